The van der Waals surface area contributed by atoms with E-state index in [-0.39, 0.29) is 29.6 Å². The number of likely N-dealkylation sites (N-methyl/N-ethyl adjacent to an activating group) is 1. The second-order valence-corrected chi connectivity index (χ2v) is 6.18. The van der Waals surface area contributed by atoms with Crippen LogP contribution in [0.15, 0.2) is 18.2 Å². The van der Waals surface area contributed by atoms with Crippen LogP contribution in [-0.2, 0) is 16.1 Å². The number of carbonyl (C=O) groups is 2. The van der Waals surface area contributed by atoms with E-state index in [0.29, 0.717) is 13.0 Å². The van der Waals surface area contributed by atoms with Gasteiger partial charge in [-0.2, -0.15) is 0 Å². The van der Waals surface area contributed by atoms with Gasteiger partial charge in [0, 0.05) is 24.2 Å². The highest BCUT2D eigenvalue weighted by atomic mass is 35.5. The summed E-state index contributed by atoms with van der Waals surface area (Å²) in [6.07, 6.45) is 2.27. The van der Waals surface area contributed by atoms with Crippen molar-refractivity contribution in [2.24, 2.45) is 0 Å². The normalized spacial score (nSPS) is 18.7. The first kappa shape index (κ1) is 17.7. The highest BCUT2D eigenvalue weighted by Gasteiger charge is 2.30. The number of benzene rings is 1. The molecule has 0 aromatic heterocycles. The van der Waals surface area contributed by atoms with Crippen LogP contribution < -0.4 is 0 Å². The van der Waals surface area contributed by atoms with Crippen LogP contribution in [0.1, 0.15) is 24.8 Å². The van der Waals surface area contributed by atoms with Crippen LogP contribution in [0.4, 0.5) is 4.39 Å². The van der Waals surface area contributed by atoms with Crippen LogP contribution >= 0.6 is 11.6 Å². The largest absolute Gasteiger partial charge is 0.480 e. The Hall–Kier alpha value is -1.66. The van der Waals surface area contributed by atoms with Gasteiger partial charge in [0.2, 0.25) is 5.91 Å². The molecule has 1 aromatic carbocycles. The van der Waals surface area contributed by atoms with Gasteiger partial charge in [-0.25, -0.2) is 4.39 Å². The summed E-state index contributed by atoms with van der Waals surface area (Å²) in [6.45, 7) is 0.645. The Bertz CT molecular complexity index is 576. The molecule has 1 aromatic rings. The highest BCUT2D eigenvalue weighted by Crippen LogP contribution is 2.21. The van der Waals surface area contributed by atoms with Gasteiger partial charge in [-0.3, -0.25) is 14.5 Å². The monoisotopic (exact) mass is 342 g/mol. The quantitative estimate of drug-likeness (QED) is 0.892. The molecule has 1 aliphatic heterocycles. The number of halogens is 2. The first-order chi connectivity index (χ1) is 10.9. The van der Waals surface area contributed by atoms with E-state index >= 15 is 0 Å². The number of aliphatic carboxylic acids is 1. The van der Waals surface area contributed by atoms with Crippen LogP contribution in [0.5, 0.6) is 0 Å². The van der Waals surface area contributed by atoms with Crippen molar-refractivity contribution in [1.29, 1.82) is 0 Å². The predicted molar refractivity (Wildman–Crippen MR) is 84.7 cm³/mol. The van der Waals surface area contributed by atoms with Crippen molar-refractivity contribution in [2.75, 3.05) is 20.1 Å². The van der Waals surface area contributed by atoms with Crippen molar-refractivity contribution in [3.63, 3.8) is 0 Å². The van der Waals surface area contributed by atoms with Gasteiger partial charge in [0.1, 0.15) is 11.9 Å². The Morgan fingerprint density at radius 1 is 1.43 bits per heavy atom. The lowest BCUT2D eigenvalue weighted by atomic mass is 10.0. The molecular weight excluding hydrogens is 323 g/mol. The van der Waals surface area contributed by atoms with Crippen LogP contribution in [0.25, 0.3) is 0 Å². The minimum absolute atomic E-state index is 0.0134. The molecule has 126 valence electrons. The van der Waals surface area contributed by atoms with E-state index in [0.717, 1.165) is 12.8 Å². The molecule has 7 heteroatoms. The topological polar surface area (TPSA) is 60.9 Å². The van der Waals surface area contributed by atoms with E-state index in [2.05, 4.69) is 0 Å². The van der Waals surface area contributed by atoms with E-state index in [1.54, 1.807) is 18.0 Å². The van der Waals surface area contributed by atoms with Crippen molar-refractivity contribution in [3.05, 3.63) is 34.6 Å². The summed E-state index contributed by atoms with van der Waals surface area (Å²) in [5.74, 6) is -1.62. The van der Waals surface area contributed by atoms with Crippen LogP contribution in [0, 0.1) is 5.82 Å². The summed E-state index contributed by atoms with van der Waals surface area (Å²) in [7, 11) is 1.56. The molecule has 0 saturated carbocycles. The van der Waals surface area contributed by atoms with E-state index < -0.39 is 17.8 Å². The zero-order valence-corrected chi connectivity index (χ0v) is 13.7. The van der Waals surface area contributed by atoms with Crippen molar-refractivity contribution in [2.45, 2.75) is 31.8 Å². The fraction of sp³-hybridized carbons (Fsp3) is 0.500. The van der Waals surface area contributed by atoms with E-state index in [4.69, 9.17) is 11.6 Å². The second kappa shape index (κ2) is 7.75. The minimum Gasteiger partial charge on any atom is -0.480 e. The van der Waals surface area contributed by atoms with Gasteiger partial charge in [-0.05, 0) is 31.5 Å². The lowest BCUT2D eigenvalue weighted by Crippen LogP contribution is -2.49. The number of carboxylic acids is 1. The predicted octanol–water partition coefficient (Wildman–Crippen LogP) is 2.38. The molecule has 1 saturated heterocycles. The third-order valence-electron chi connectivity index (χ3n) is 4.12. The number of carboxylic acid groups (broad SMARTS) is 1. The molecule has 1 amide bonds. The minimum atomic E-state index is -0.905. The highest BCUT2D eigenvalue weighted by molar-refractivity contribution is 6.31. The average molecular weight is 343 g/mol. The summed E-state index contributed by atoms with van der Waals surface area (Å²) < 4.78 is 13.8. The molecule has 0 bridgehead atoms. The van der Waals surface area contributed by atoms with Gasteiger partial charge in [0.15, 0.2) is 0 Å². The number of likely N-dealkylation sites (tertiary alicyclic amines) is 1. The number of hydrogen-bond acceptors (Lipinski definition) is 3. The molecular formula is C16H20ClFN2O3. The molecule has 2 rings (SSSR count). The molecule has 0 aliphatic carbocycles. The van der Waals surface area contributed by atoms with Gasteiger partial charge in [0.25, 0.3) is 0 Å². The smallest absolute Gasteiger partial charge is 0.320 e. The standard InChI is InChI=1S/C16H20ClFN2O3/c1-19(9-11-12(17)5-4-6-13(11)18)15(21)10-20-8-3-2-7-14(20)16(22)23/h4-6,14H,2-3,7-10H2,1H3,(H,22,23). The molecule has 1 fully saturated rings. The maximum atomic E-state index is 13.8. The number of piperidine rings is 1. The maximum absolute atomic E-state index is 13.8. The maximum Gasteiger partial charge on any atom is 0.320 e. The van der Waals surface area contributed by atoms with Gasteiger partial charge in [-0.1, -0.05) is 24.1 Å². The Kier molecular flexibility index (Phi) is 5.96. The molecule has 0 spiro atoms. The van der Waals surface area contributed by atoms with Crippen molar-refractivity contribution >= 4 is 23.5 Å². The third-order valence-corrected chi connectivity index (χ3v) is 4.47. The molecule has 1 atom stereocenters. The first-order valence-electron chi connectivity index (χ1n) is 7.54. The average Bonchev–Trinajstić information content (AvgIpc) is 2.51. The van der Waals surface area contributed by atoms with Gasteiger partial charge >= 0.3 is 5.97 Å². The second-order valence-electron chi connectivity index (χ2n) is 5.77. The lowest BCUT2D eigenvalue weighted by Gasteiger charge is -2.33. The molecule has 23 heavy (non-hydrogen) atoms. The number of rotatable bonds is 5. The fourth-order valence-electron chi connectivity index (χ4n) is 2.76. The van der Waals surface area contributed by atoms with Crippen LogP contribution in [0.3, 0.4) is 0 Å². The zero-order chi connectivity index (χ0) is 17.0. The zero-order valence-electron chi connectivity index (χ0n) is 13.0. The van der Waals surface area contributed by atoms with E-state index in [1.165, 1.54) is 17.0 Å². The Morgan fingerprint density at radius 3 is 2.83 bits per heavy atom. The first-order valence-corrected chi connectivity index (χ1v) is 7.91. The molecule has 1 aliphatic rings. The molecule has 0 radical (unpaired) electrons. The number of hydrogen-bond donors (Lipinski definition) is 1. The number of amides is 1. The third kappa shape index (κ3) is 4.42. The Balaban J connectivity index is 2.01. The Labute approximate surface area is 139 Å². The van der Waals surface area contributed by atoms with Crippen LogP contribution in [-0.4, -0.2) is 53.0 Å². The molecule has 1 N–H and O–H groups in total. The summed E-state index contributed by atoms with van der Waals surface area (Å²) in [5.41, 5.74) is 0.262. The van der Waals surface area contributed by atoms with Gasteiger partial charge in [-0.15, -0.1) is 0 Å². The summed E-state index contributed by atoms with van der Waals surface area (Å²) in [6, 6.07) is 3.75. The van der Waals surface area contributed by atoms with E-state index in [9.17, 15) is 19.1 Å². The summed E-state index contributed by atoms with van der Waals surface area (Å²) in [4.78, 5) is 26.6. The van der Waals surface area contributed by atoms with Crippen molar-refractivity contribution < 1.29 is 19.1 Å². The van der Waals surface area contributed by atoms with Crippen LogP contribution in [0.2, 0.25) is 5.02 Å². The number of nitrogens with zero attached hydrogens (tertiary/aromatic N) is 2. The summed E-state index contributed by atoms with van der Waals surface area (Å²) >= 11 is 5.97. The summed E-state index contributed by atoms with van der Waals surface area (Å²) in [5, 5.41) is 9.50. The fourth-order valence-corrected chi connectivity index (χ4v) is 2.99. The lowest BCUT2D eigenvalue weighted by molar-refractivity contribution is -0.146. The van der Waals surface area contributed by atoms with Crippen molar-refractivity contribution in [1.82, 2.24) is 9.80 Å². The molecule has 5 nitrogen and oxygen atoms in total. The Morgan fingerprint density at radius 2 is 2.17 bits per heavy atom. The number of carbonyl (C=O) groups excluding carboxylic acids is 1. The van der Waals surface area contributed by atoms with E-state index in [1.807, 2.05) is 0 Å². The molecule has 1 heterocycles. The SMILES string of the molecule is CN(Cc1c(F)cccc1Cl)C(=O)CN1CCCCC1C(=O)O. The molecule has 1 unspecified atom stereocenters. The van der Waals surface area contributed by atoms with Crippen molar-refractivity contribution in [3.8, 4) is 0 Å². The van der Waals surface area contributed by atoms with Gasteiger partial charge in [0.05, 0.1) is 6.54 Å². The van der Waals surface area contributed by atoms with Gasteiger partial charge < -0.3 is 10.0 Å².